The lowest BCUT2D eigenvalue weighted by Gasteiger charge is -2.33. The molecule has 3 N–H and O–H groups in total. The molecule has 1 fully saturated rings. The number of rotatable bonds is 7. The minimum atomic E-state index is -0.473. The number of hydrogen-bond acceptors (Lipinski definition) is 4. The van der Waals surface area contributed by atoms with Gasteiger partial charge >= 0.3 is 6.09 Å². The first-order valence-electron chi connectivity index (χ1n) is 10.9. The quantitative estimate of drug-likeness (QED) is 0.469. The van der Waals surface area contributed by atoms with E-state index in [9.17, 15) is 4.79 Å². The van der Waals surface area contributed by atoms with Crippen LogP contribution in [0.3, 0.4) is 0 Å². The van der Waals surface area contributed by atoms with Gasteiger partial charge in [-0.1, -0.05) is 42.5 Å². The Morgan fingerprint density at radius 1 is 1.06 bits per heavy atom. The van der Waals surface area contributed by atoms with E-state index in [0.29, 0.717) is 18.3 Å². The topological polar surface area (TPSA) is 78.0 Å². The SMILES string of the molecule is CCNC(=NCc1ccc(NC(=O)OC)cc1)NC1CCN(Cc2ccccc2)CC1. The molecule has 0 bridgehead atoms. The maximum Gasteiger partial charge on any atom is 0.411 e. The maximum atomic E-state index is 11.3. The van der Waals surface area contributed by atoms with Crippen molar-refractivity contribution in [1.29, 1.82) is 0 Å². The summed E-state index contributed by atoms with van der Waals surface area (Å²) in [7, 11) is 1.35. The highest BCUT2D eigenvalue weighted by molar-refractivity contribution is 5.84. The molecular formula is C24H33N5O2. The van der Waals surface area contributed by atoms with E-state index in [1.807, 2.05) is 24.3 Å². The number of benzene rings is 2. The lowest BCUT2D eigenvalue weighted by Crippen LogP contribution is -2.48. The van der Waals surface area contributed by atoms with Crippen molar-refractivity contribution in [2.45, 2.75) is 38.9 Å². The predicted molar refractivity (Wildman–Crippen MR) is 125 cm³/mol. The van der Waals surface area contributed by atoms with Gasteiger partial charge < -0.3 is 15.4 Å². The summed E-state index contributed by atoms with van der Waals surface area (Å²) in [4.78, 5) is 18.5. The number of guanidine groups is 1. The van der Waals surface area contributed by atoms with E-state index >= 15 is 0 Å². The zero-order valence-corrected chi connectivity index (χ0v) is 18.4. The molecule has 0 saturated carbocycles. The molecule has 2 aromatic carbocycles. The molecule has 7 nitrogen and oxygen atoms in total. The highest BCUT2D eigenvalue weighted by Gasteiger charge is 2.20. The van der Waals surface area contributed by atoms with E-state index in [2.05, 4.69) is 62.8 Å². The van der Waals surface area contributed by atoms with Crippen LogP contribution < -0.4 is 16.0 Å². The smallest absolute Gasteiger partial charge is 0.411 e. The second-order valence-corrected chi connectivity index (χ2v) is 7.69. The summed E-state index contributed by atoms with van der Waals surface area (Å²) in [6.45, 7) is 6.65. The Morgan fingerprint density at radius 3 is 2.42 bits per heavy atom. The summed E-state index contributed by atoms with van der Waals surface area (Å²) in [5, 5.41) is 9.59. The van der Waals surface area contributed by atoms with Crippen molar-refractivity contribution >= 4 is 17.7 Å². The third kappa shape index (κ3) is 7.61. The molecule has 1 aliphatic heterocycles. The molecule has 0 atom stereocenters. The number of aliphatic imine (C=N–C) groups is 1. The van der Waals surface area contributed by atoms with Crippen LogP contribution in [0.15, 0.2) is 59.6 Å². The number of piperidine rings is 1. The molecule has 3 rings (SSSR count). The average Bonchev–Trinajstić information content (AvgIpc) is 2.80. The molecule has 1 amide bonds. The first-order valence-corrected chi connectivity index (χ1v) is 10.9. The number of amides is 1. The molecule has 1 heterocycles. The van der Waals surface area contributed by atoms with Crippen LogP contribution in [0.4, 0.5) is 10.5 Å². The molecule has 0 aromatic heterocycles. The van der Waals surface area contributed by atoms with Gasteiger partial charge in [-0.2, -0.15) is 0 Å². The number of nitrogens with zero attached hydrogens (tertiary/aromatic N) is 2. The van der Waals surface area contributed by atoms with Crippen molar-refractivity contribution in [2.24, 2.45) is 4.99 Å². The number of anilines is 1. The van der Waals surface area contributed by atoms with E-state index in [0.717, 1.165) is 50.5 Å². The molecule has 2 aromatic rings. The van der Waals surface area contributed by atoms with Crippen molar-refractivity contribution in [3.05, 3.63) is 65.7 Å². The number of carbonyl (C=O) groups is 1. The van der Waals surface area contributed by atoms with Gasteiger partial charge in [0.1, 0.15) is 0 Å². The van der Waals surface area contributed by atoms with Crippen LogP contribution in [0.5, 0.6) is 0 Å². The fraction of sp³-hybridized carbons (Fsp3) is 0.417. The zero-order chi connectivity index (χ0) is 21.9. The fourth-order valence-electron chi connectivity index (χ4n) is 3.62. The van der Waals surface area contributed by atoms with Crippen molar-refractivity contribution in [3.8, 4) is 0 Å². The first kappa shape index (κ1) is 22.6. The fourth-order valence-corrected chi connectivity index (χ4v) is 3.62. The standard InChI is InChI=1S/C24H33N5O2/c1-3-25-23(26-17-19-9-11-21(12-10-19)28-24(30)31-2)27-22-13-15-29(16-14-22)18-20-7-5-4-6-8-20/h4-12,22H,3,13-18H2,1-2H3,(H,28,30)(H2,25,26,27). The lowest BCUT2D eigenvalue weighted by atomic mass is 10.0. The Balaban J connectivity index is 1.48. The molecule has 0 spiro atoms. The monoisotopic (exact) mass is 423 g/mol. The van der Waals surface area contributed by atoms with Crippen LogP contribution in [0.2, 0.25) is 0 Å². The minimum absolute atomic E-state index is 0.427. The second kappa shape index (κ2) is 12.0. The van der Waals surface area contributed by atoms with Crippen molar-refractivity contribution in [1.82, 2.24) is 15.5 Å². The van der Waals surface area contributed by atoms with Crippen LogP contribution in [-0.4, -0.2) is 49.7 Å². The Labute approximate surface area is 184 Å². The number of methoxy groups -OCH3 is 1. The largest absolute Gasteiger partial charge is 0.453 e. The van der Waals surface area contributed by atoms with E-state index in [1.165, 1.54) is 12.7 Å². The molecule has 166 valence electrons. The molecular weight excluding hydrogens is 390 g/mol. The summed E-state index contributed by atoms with van der Waals surface area (Å²) in [6, 6.07) is 18.7. The molecule has 0 radical (unpaired) electrons. The number of ether oxygens (including phenoxy) is 1. The van der Waals surface area contributed by atoms with Gasteiger partial charge in [-0.25, -0.2) is 9.79 Å². The predicted octanol–water partition coefficient (Wildman–Crippen LogP) is 3.58. The minimum Gasteiger partial charge on any atom is -0.453 e. The van der Waals surface area contributed by atoms with Crippen LogP contribution in [0.25, 0.3) is 0 Å². The van der Waals surface area contributed by atoms with Crippen LogP contribution >= 0.6 is 0 Å². The van der Waals surface area contributed by atoms with E-state index in [1.54, 1.807) is 0 Å². The van der Waals surface area contributed by atoms with Gasteiger partial charge in [0.05, 0.1) is 13.7 Å². The molecule has 0 unspecified atom stereocenters. The van der Waals surface area contributed by atoms with Crippen molar-refractivity contribution in [2.75, 3.05) is 32.1 Å². The van der Waals surface area contributed by atoms with Gasteiger partial charge in [0, 0.05) is 37.9 Å². The number of carbonyl (C=O) groups excluding carboxylic acids is 1. The summed E-state index contributed by atoms with van der Waals surface area (Å²) in [5.74, 6) is 0.848. The van der Waals surface area contributed by atoms with Gasteiger partial charge in [-0.15, -0.1) is 0 Å². The maximum absolute atomic E-state index is 11.3. The molecule has 31 heavy (non-hydrogen) atoms. The number of likely N-dealkylation sites (tertiary alicyclic amines) is 1. The normalized spacial score (nSPS) is 15.4. The summed E-state index contributed by atoms with van der Waals surface area (Å²) in [6.07, 6.45) is 1.73. The Bertz CT molecular complexity index is 831. The van der Waals surface area contributed by atoms with E-state index in [4.69, 9.17) is 4.99 Å². The molecule has 1 saturated heterocycles. The highest BCUT2D eigenvalue weighted by Crippen LogP contribution is 2.14. The summed E-state index contributed by atoms with van der Waals surface area (Å²) >= 11 is 0. The zero-order valence-electron chi connectivity index (χ0n) is 18.4. The lowest BCUT2D eigenvalue weighted by molar-refractivity contribution is 0.187. The Kier molecular flexibility index (Phi) is 8.72. The molecule has 1 aliphatic rings. The average molecular weight is 424 g/mol. The Hall–Kier alpha value is -3.06. The van der Waals surface area contributed by atoms with E-state index < -0.39 is 6.09 Å². The third-order valence-electron chi connectivity index (χ3n) is 5.33. The molecule has 7 heteroatoms. The van der Waals surface area contributed by atoms with Crippen LogP contribution in [0.1, 0.15) is 30.9 Å². The first-order chi connectivity index (χ1) is 15.2. The van der Waals surface area contributed by atoms with Crippen LogP contribution in [-0.2, 0) is 17.8 Å². The molecule has 0 aliphatic carbocycles. The Morgan fingerprint density at radius 2 is 1.77 bits per heavy atom. The van der Waals surface area contributed by atoms with E-state index in [-0.39, 0.29) is 0 Å². The van der Waals surface area contributed by atoms with Gasteiger partial charge in [0.15, 0.2) is 5.96 Å². The number of nitrogens with one attached hydrogen (secondary N) is 3. The van der Waals surface area contributed by atoms with Gasteiger partial charge in [0.2, 0.25) is 0 Å². The van der Waals surface area contributed by atoms with Crippen molar-refractivity contribution < 1.29 is 9.53 Å². The van der Waals surface area contributed by atoms with Crippen molar-refractivity contribution in [3.63, 3.8) is 0 Å². The van der Waals surface area contributed by atoms with Gasteiger partial charge in [-0.05, 0) is 43.0 Å². The van der Waals surface area contributed by atoms with Crippen LogP contribution in [0, 0.1) is 0 Å². The number of hydrogen-bond donors (Lipinski definition) is 3. The summed E-state index contributed by atoms with van der Waals surface area (Å²) in [5.41, 5.74) is 3.15. The van der Waals surface area contributed by atoms with Gasteiger partial charge in [-0.3, -0.25) is 10.2 Å². The third-order valence-corrected chi connectivity index (χ3v) is 5.33. The summed E-state index contributed by atoms with van der Waals surface area (Å²) < 4.78 is 4.61. The highest BCUT2D eigenvalue weighted by atomic mass is 16.5. The van der Waals surface area contributed by atoms with Gasteiger partial charge in [0.25, 0.3) is 0 Å². The second-order valence-electron chi connectivity index (χ2n) is 7.69.